The first kappa shape index (κ1) is 45.2. The number of ether oxygens (including phenoxy) is 2. The first-order valence-corrected chi connectivity index (χ1v) is 30.0. The number of Topliss-reactive ketones (excluding diaryl/α,β-unsaturated/α-hetero) is 2. The first-order chi connectivity index (χ1) is 28.5. The number of benzene rings is 4. The standard InChI is InChI=1S/C15H11FO2.C15H11O2.C7H14ClFN2.3C4H9.Sn/c16-11-7-5-10(6-8-11)15-9-13(17)12-3-1-2-4-14(12)18-15;16-13-10-15(11-6-2-1-3-7-11)17-14-9-5-4-8-12(13)14;8-7-10-1-4-11(9,5-2-10)6-3-10;3*1-3-4-2;/h1-8,15H,9H2;2-9,15H,10H2;1-7H2;3*1,3-4H2,2H3;/q;;+2;;;;. The third kappa shape index (κ3) is 11.3. The van der Waals surface area contributed by atoms with Gasteiger partial charge in [0.2, 0.25) is 0 Å². The summed E-state index contributed by atoms with van der Waals surface area (Å²) in [5.41, 5.74) is 3.30. The second-order valence-corrected chi connectivity index (χ2v) is 30.5. The molecule has 6 nitrogen and oxygen atoms in total. The predicted octanol–water partition coefficient (Wildman–Crippen LogP) is 11.7. The van der Waals surface area contributed by atoms with E-state index in [4.69, 9.17) is 21.1 Å². The van der Waals surface area contributed by atoms with E-state index in [1.54, 1.807) is 27.8 Å². The van der Waals surface area contributed by atoms with Gasteiger partial charge in [-0.2, -0.15) is 0 Å². The van der Waals surface area contributed by atoms with Gasteiger partial charge < -0.3 is 4.74 Å². The van der Waals surface area contributed by atoms with Crippen molar-refractivity contribution in [2.24, 2.45) is 0 Å². The van der Waals surface area contributed by atoms with E-state index in [1.165, 1.54) is 64.0 Å². The number of alkyl halides is 1. The maximum absolute atomic E-state index is 13.5. The number of carbonyl (C=O) groups is 2. The number of piperazine rings is 3. The van der Waals surface area contributed by atoms with E-state index in [-0.39, 0.29) is 34.3 Å². The number of ketones is 2. The summed E-state index contributed by atoms with van der Waals surface area (Å²) in [7, 11) is 0. The van der Waals surface area contributed by atoms with Crippen molar-refractivity contribution in [3.8, 4) is 11.5 Å². The molecule has 5 aliphatic rings. The zero-order chi connectivity index (χ0) is 41.9. The van der Waals surface area contributed by atoms with Crippen molar-refractivity contribution in [2.45, 2.75) is 97.7 Å². The molecular formula is C49H63ClF2N2O4Sn+2. The average Bonchev–Trinajstić information content (AvgIpc) is 3.27. The van der Waals surface area contributed by atoms with Crippen molar-refractivity contribution < 1.29 is 37.1 Å². The van der Waals surface area contributed by atoms with Gasteiger partial charge in [-0.1, -0.05) is 35.9 Å². The molecule has 0 radical (unpaired) electrons. The van der Waals surface area contributed by atoms with Gasteiger partial charge in [-0.05, 0) is 34.3 Å². The fourth-order valence-corrected chi connectivity index (χ4v) is 25.3. The molecule has 5 heterocycles. The van der Waals surface area contributed by atoms with E-state index in [2.05, 4.69) is 45.0 Å². The molecule has 59 heavy (non-hydrogen) atoms. The Labute approximate surface area is 359 Å². The molecule has 5 aliphatic heterocycles. The normalized spacial score (nSPS) is 23.0. The van der Waals surface area contributed by atoms with E-state index in [1.807, 2.05) is 36.4 Å². The molecule has 2 atom stereocenters. The minimum atomic E-state index is -2.39. The summed E-state index contributed by atoms with van der Waals surface area (Å²) in [6, 6.07) is 30.9. The van der Waals surface area contributed by atoms with Crippen molar-refractivity contribution in [3.05, 3.63) is 125 Å². The predicted molar refractivity (Wildman–Crippen MR) is 236 cm³/mol. The largest absolute Gasteiger partial charge is 0.484 e. The van der Waals surface area contributed by atoms with Crippen LogP contribution in [0.3, 0.4) is 0 Å². The number of quaternary nitrogens is 2. The van der Waals surface area contributed by atoms with E-state index in [0.29, 0.717) is 49.8 Å². The van der Waals surface area contributed by atoms with Crippen LogP contribution < -0.4 is 13.1 Å². The summed E-state index contributed by atoms with van der Waals surface area (Å²) in [5, 5.41) is 0. The molecule has 9 rings (SSSR count). The Kier molecular flexibility index (Phi) is 16.1. The summed E-state index contributed by atoms with van der Waals surface area (Å²) < 4.78 is 45.3. The van der Waals surface area contributed by atoms with Crippen LogP contribution in [0.5, 0.6) is 11.5 Å². The Bertz CT molecular complexity index is 1950. The Hall–Kier alpha value is -3.31. The molecule has 3 fully saturated rings. The number of hydrogen-bond donors (Lipinski definition) is 0. The van der Waals surface area contributed by atoms with Crippen LogP contribution in [0, 0.1) is 5.82 Å². The number of rotatable bonds is 13. The van der Waals surface area contributed by atoms with Crippen LogP contribution in [-0.4, -0.2) is 84.4 Å². The van der Waals surface area contributed by atoms with Gasteiger partial charge in [0.25, 0.3) is 0 Å². The van der Waals surface area contributed by atoms with E-state index in [0.717, 1.165) is 46.6 Å². The minimum absolute atomic E-state index is 0.0613. The van der Waals surface area contributed by atoms with Crippen LogP contribution in [0.4, 0.5) is 8.87 Å². The van der Waals surface area contributed by atoms with Gasteiger partial charge in [0.15, 0.2) is 31.4 Å². The number of unbranched alkanes of at least 4 members (excludes halogenated alkanes) is 3. The third-order valence-corrected chi connectivity index (χ3v) is 29.2. The number of halogens is 3. The molecule has 3 saturated heterocycles. The van der Waals surface area contributed by atoms with Crippen molar-refractivity contribution in [2.75, 3.05) is 45.3 Å². The van der Waals surface area contributed by atoms with E-state index < -0.39 is 18.4 Å². The zero-order valence-electron chi connectivity index (χ0n) is 35.3. The van der Waals surface area contributed by atoms with Gasteiger partial charge in [0.05, 0.1) is 12.0 Å². The Morgan fingerprint density at radius 3 is 1.42 bits per heavy atom. The molecule has 0 saturated carbocycles. The first-order valence-electron chi connectivity index (χ1n) is 22.0. The number of carbonyl (C=O) groups excluding carboxylic acids is 2. The molecule has 0 spiro atoms. The van der Waals surface area contributed by atoms with E-state index >= 15 is 0 Å². The number of nitrogens with zero attached hydrogens (tertiary/aromatic N) is 2. The summed E-state index contributed by atoms with van der Waals surface area (Å²) in [4.78, 5) is 24.6. The zero-order valence-corrected chi connectivity index (χ0v) is 38.9. The monoisotopic (exact) mass is 936 g/mol. The van der Waals surface area contributed by atoms with Crippen molar-refractivity contribution in [3.63, 3.8) is 0 Å². The van der Waals surface area contributed by atoms with Gasteiger partial charge >= 0.3 is 188 Å². The maximum Gasteiger partial charge on any atom is 0.170 e. The third-order valence-electron chi connectivity index (χ3n) is 13.0. The Morgan fingerprint density at radius 2 is 1.02 bits per heavy atom. The van der Waals surface area contributed by atoms with Gasteiger partial charge in [-0.3, -0.25) is 9.28 Å². The second-order valence-electron chi connectivity index (χ2n) is 17.1. The van der Waals surface area contributed by atoms with E-state index in [9.17, 15) is 18.5 Å². The second kappa shape index (κ2) is 21.0. The quantitative estimate of drug-likeness (QED) is 0.0441. The molecule has 2 bridgehead atoms. The van der Waals surface area contributed by atoms with Gasteiger partial charge in [-0.15, -0.1) is 4.71 Å². The number of hydrogen-bond acceptors (Lipinski definition) is 4. The number of fused-ring (bicyclic) bond motifs is 5. The minimum Gasteiger partial charge on any atom is -0.484 e. The number of para-hydroxylation sites is 2. The maximum atomic E-state index is 13.5. The molecule has 0 aromatic heterocycles. The molecule has 0 N–H and O–H groups in total. The SMILES string of the molecule is CCC[CH2][Sn]([CH2]CCC)([CH2]CCC)[c]1ccc(C2CC(=O)c3ccccc3O2)cc1.F[N+]12CC[N+](CCl)(CC1)CC2.O=C1CC(c2ccc(F)cc2)Oc2ccccc21. The Balaban J connectivity index is 0.000000168. The van der Waals surface area contributed by atoms with Crippen molar-refractivity contribution in [1.82, 2.24) is 0 Å². The summed E-state index contributed by atoms with van der Waals surface area (Å²) in [6.07, 6.45) is 8.27. The van der Waals surface area contributed by atoms with Crippen molar-refractivity contribution >= 4 is 45.1 Å². The fourth-order valence-electron chi connectivity index (χ4n) is 9.02. The van der Waals surface area contributed by atoms with Crippen LogP contribution >= 0.6 is 11.6 Å². The van der Waals surface area contributed by atoms with Crippen molar-refractivity contribution in [1.29, 1.82) is 0 Å². The van der Waals surface area contributed by atoms with Crippen LogP contribution in [-0.2, 0) is 0 Å². The van der Waals surface area contributed by atoms with Crippen LogP contribution in [0.2, 0.25) is 13.3 Å². The topological polar surface area (TPSA) is 52.6 Å². The van der Waals surface area contributed by atoms with Crippen LogP contribution in [0.25, 0.3) is 0 Å². The molecule has 316 valence electrons. The average molecular weight is 936 g/mol. The molecular weight excluding hydrogens is 873 g/mol. The van der Waals surface area contributed by atoms with Gasteiger partial charge in [-0.25, -0.2) is 4.39 Å². The van der Waals surface area contributed by atoms with Gasteiger partial charge in [0, 0.05) is 0 Å². The van der Waals surface area contributed by atoms with Crippen LogP contribution in [0.1, 0.15) is 116 Å². The fraction of sp³-hybridized carbons (Fsp3) is 0.469. The Morgan fingerprint density at radius 1 is 0.610 bits per heavy atom. The molecule has 10 heteroatoms. The molecule has 4 aromatic carbocycles. The molecule has 0 aliphatic carbocycles. The summed E-state index contributed by atoms with van der Waals surface area (Å²) in [6.45, 7) is 11.8. The summed E-state index contributed by atoms with van der Waals surface area (Å²) >= 11 is 3.46. The molecule has 0 amide bonds. The molecule has 4 aromatic rings. The smallest absolute Gasteiger partial charge is 0.170 e. The van der Waals surface area contributed by atoms with Gasteiger partial charge in [0.1, 0.15) is 37.3 Å². The van der Waals surface area contributed by atoms with Crippen LogP contribution in [0.15, 0.2) is 97.1 Å². The summed E-state index contributed by atoms with van der Waals surface area (Å²) in [5.74, 6) is 1.29. The molecule has 2 unspecified atom stereocenters.